The zero-order chi connectivity index (χ0) is 17.0. The smallest absolute Gasteiger partial charge is 0.333 e. The predicted octanol–water partition coefficient (Wildman–Crippen LogP) is 5.03. The number of esters is 1. The molecule has 23 heavy (non-hydrogen) atoms. The molecule has 0 N–H and O–H groups in total. The third kappa shape index (κ3) is 4.59. The minimum absolute atomic E-state index is 0.176. The Morgan fingerprint density at radius 1 is 1.13 bits per heavy atom. The SMILES string of the molecule is C=C(C)C(=O)OCc1ccc2cc(OC(C)(C)CC)ccc2c1. The molecule has 0 saturated carbocycles. The van der Waals surface area contributed by atoms with Crippen LogP contribution in [-0.4, -0.2) is 11.6 Å². The highest BCUT2D eigenvalue weighted by atomic mass is 16.5. The van der Waals surface area contributed by atoms with Crippen LogP contribution in [0, 0.1) is 0 Å². The van der Waals surface area contributed by atoms with Crippen LogP contribution in [0.3, 0.4) is 0 Å². The maximum atomic E-state index is 11.4. The van der Waals surface area contributed by atoms with Crippen LogP contribution in [0.5, 0.6) is 5.75 Å². The Morgan fingerprint density at radius 3 is 2.43 bits per heavy atom. The highest BCUT2D eigenvalue weighted by molar-refractivity contribution is 5.87. The van der Waals surface area contributed by atoms with Crippen molar-refractivity contribution >= 4 is 16.7 Å². The van der Waals surface area contributed by atoms with Crippen LogP contribution in [0.15, 0.2) is 48.6 Å². The number of carbonyl (C=O) groups excluding carboxylic acids is 1. The van der Waals surface area contributed by atoms with E-state index in [1.54, 1.807) is 6.92 Å². The molecule has 2 aromatic rings. The number of rotatable bonds is 6. The van der Waals surface area contributed by atoms with Gasteiger partial charge in [-0.3, -0.25) is 0 Å². The van der Waals surface area contributed by atoms with Crippen LogP contribution in [0.25, 0.3) is 10.8 Å². The van der Waals surface area contributed by atoms with E-state index in [2.05, 4.69) is 27.4 Å². The van der Waals surface area contributed by atoms with Crippen molar-refractivity contribution in [3.05, 3.63) is 54.1 Å². The number of benzene rings is 2. The quantitative estimate of drug-likeness (QED) is 0.554. The largest absolute Gasteiger partial charge is 0.488 e. The molecule has 122 valence electrons. The molecule has 0 aliphatic rings. The van der Waals surface area contributed by atoms with E-state index in [0.717, 1.165) is 28.5 Å². The van der Waals surface area contributed by atoms with Crippen molar-refractivity contribution < 1.29 is 14.3 Å². The van der Waals surface area contributed by atoms with Gasteiger partial charge in [-0.05, 0) is 61.7 Å². The Morgan fingerprint density at radius 2 is 1.78 bits per heavy atom. The molecule has 0 saturated heterocycles. The molecule has 2 aromatic carbocycles. The normalized spacial score (nSPS) is 11.3. The summed E-state index contributed by atoms with van der Waals surface area (Å²) in [5, 5.41) is 2.19. The molecular formula is C20H24O3. The molecule has 0 aliphatic carbocycles. The van der Waals surface area contributed by atoms with Gasteiger partial charge in [0.05, 0.1) is 0 Å². The van der Waals surface area contributed by atoms with Crippen molar-refractivity contribution in [3.8, 4) is 5.75 Å². The van der Waals surface area contributed by atoms with Gasteiger partial charge < -0.3 is 9.47 Å². The Labute approximate surface area is 137 Å². The van der Waals surface area contributed by atoms with Crippen LogP contribution < -0.4 is 4.74 Å². The van der Waals surface area contributed by atoms with Gasteiger partial charge in [0.2, 0.25) is 0 Å². The molecule has 3 nitrogen and oxygen atoms in total. The first-order chi connectivity index (χ1) is 10.8. The minimum Gasteiger partial charge on any atom is -0.488 e. The van der Waals surface area contributed by atoms with E-state index < -0.39 is 0 Å². The van der Waals surface area contributed by atoms with Crippen LogP contribution in [0.2, 0.25) is 0 Å². The second kappa shape index (κ2) is 6.86. The van der Waals surface area contributed by atoms with Crippen molar-refractivity contribution in [2.45, 2.75) is 46.3 Å². The molecule has 0 fully saturated rings. The first kappa shape index (κ1) is 17.1. The van der Waals surface area contributed by atoms with E-state index in [1.807, 2.05) is 36.4 Å². The van der Waals surface area contributed by atoms with E-state index in [1.165, 1.54) is 0 Å². The molecule has 0 spiro atoms. The van der Waals surface area contributed by atoms with Gasteiger partial charge in [-0.1, -0.05) is 31.7 Å². The van der Waals surface area contributed by atoms with Gasteiger partial charge in [0.15, 0.2) is 0 Å². The lowest BCUT2D eigenvalue weighted by molar-refractivity contribution is -0.140. The van der Waals surface area contributed by atoms with Gasteiger partial charge in [-0.25, -0.2) is 4.79 Å². The van der Waals surface area contributed by atoms with E-state index in [9.17, 15) is 4.79 Å². The van der Waals surface area contributed by atoms with Crippen molar-refractivity contribution in [1.29, 1.82) is 0 Å². The number of hydrogen-bond acceptors (Lipinski definition) is 3. The van der Waals surface area contributed by atoms with Gasteiger partial charge >= 0.3 is 5.97 Å². The van der Waals surface area contributed by atoms with Crippen LogP contribution in [0.4, 0.5) is 0 Å². The fraction of sp³-hybridized carbons (Fsp3) is 0.350. The summed E-state index contributed by atoms with van der Waals surface area (Å²) < 4.78 is 11.2. The Kier molecular flexibility index (Phi) is 5.09. The molecule has 0 atom stereocenters. The van der Waals surface area contributed by atoms with Crippen LogP contribution in [0.1, 0.15) is 39.7 Å². The van der Waals surface area contributed by atoms with Gasteiger partial charge in [-0.2, -0.15) is 0 Å². The molecule has 2 rings (SSSR count). The van der Waals surface area contributed by atoms with Gasteiger partial charge in [0.1, 0.15) is 18.0 Å². The Bertz CT molecular complexity index is 729. The number of ether oxygens (including phenoxy) is 2. The molecule has 0 aromatic heterocycles. The molecule has 0 amide bonds. The summed E-state index contributed by atoms with van der Waals surface area (Å²) in [6.07, 6.45) is 0.943. The van der Waals surface area contributed by atoms with E-state index in [-0.39, 0.29) is 18.2 Å². The molecule has 0 unspecified atom stereocenters. The second-order valence-electron chi connectivity index (χ2n) is 6.42. The molecule has 0 aliphatic heterocycles. The average molecular weight is 312 g/mol. The second-order valence-corrected chi connectivity index (χ2v) is 6.42. The highest BCUT2D eigenvalue weighted by Gasteiger charge is 2.16. The number of fused-ring (bicyclic) bond motifs is 1. The highest BCUT2D eigenvalue weighted by Crippen LogP contribution is 2.26. The fourth-order valence-electron chi connectivity index (χ4n) is 2.09. The monoisotopic (exact) mass is 312 g/mol. The summed E-state index contributed by atoms with van der Waals surface area (Å²) >= 11 is 0. The summed E-state index contributed by atoms with van der Waals surface area (Å²) in [7, 11) is 0. The van der Waals surface area contributed by atoms with E-state index in [0.29, 0.717) is 5.57 Å². The summed E-state index contributed by atoms with van der Waals surface area (Å²) in [6.45, 7) is 11.7. The summed E-state index contributed by atoms with van der Waals surface area (Å²) in [4.78, 5) is 11.4. The van der Waals surface area contributed by atoms with Gasteiger partial charge in [-0.15, -0.1) is 0 Å². The maximum absolute atomic E-state index is 11.4. The van der Waals surface area contributed by atoms with Crippen molar-refractivity contribution in [2.24, 2.45) is 0 Å². The third-order valence-corrected chi connectivity index (χ3v) is 3.84. The van der Waals surface area contributed by atoms with Crippen molar-refractivity contribution in [3.63, 3.8) is 0 Å². The van der Waals surface area contributed by atoms with E-state index in [4.69, 9.17) is 9.47 Å². The molecular weight excluding hydrogens is 288 g/mol. The van der Waals surface area contributed by atoms with Crippen molar-refractivity contribution in [2.75, 3.05) is 0 Å². The lowest BCUT2D eigenvalue weighted by atomic mass is 10.1. The summed E-state index contributed by atoms with van der Waals surface area (Å²) in [5.74, 6) is 0.501. The standard InChI is InChI=1S/C20H24O3/c1-6-20(4,5)23-18-10-9-16-11-15(7-8-17(16)12-18)13-22-19(21)14(2)3/h7-12H,2,6,13H2,1,3-5H3. The molecule has 0 radical (unpaired) electrons. The Balaban J connectivity index is 2.15. The Hall–Kier alpha value is -2.29. The number of hydrogen-bond donors (Lipinski definition) is 0. The zero-order valence-electron chi connectivity index (χ0n) is 14.3. The third-order valence-electron chi connectivity index (χ3n) is 3.84. The van der Waals surface area contributed by atoms with Crippen molar-refractivity contribution in [1.82, 2.24) is 0 Å². The molecule has 0 heterocycles. The first-order valence-electron chi connectivity index (χ1n) is 7.85. The summed E-state index contributed by atoms with van der Waals surface area (Å²) in [6, 6.07) is 12.0. The predicted molar refractivity (Wildman–Crippen MR) is 93.6 cm³/mol. The van der Waals surface area contributed by atoms with Crippen LogP contribution >= 0.6 is 0 Å². The summed E-state index contributed by atoms with van der Waals surface area (Å²) in [5.41, 5.74) is 1.19. The molecule has 0 bridgehead atoms. The fourth-order valence-corrected chi connectivity index (χ4v) is 2.09. The molecule has 3 heteroatoms. The number of carbonyl (C=O) groups is 1. The van der Waals surface area contributed by atoms with Gasteiger partial charge in [0, 0.05) is 5.57 Å². The van der Waals surface area contributed by atoms with Gasteiger partial charge in [0.25, 0.3) is 0 Å². The lowest BCUT2D eigenvalue weighted by Crippen LogP contribution is -2.26. The topological polar surface area (TPSA) is 35.5 Å². The van der Waals surface area contributed by atoms with E-state index >= 15 is 0 Å². The minimum atomic E-state index is -0.365. The van der Waals surface area contributed by atoms with Crippen LogP contribution in [-0.2, 0) is 16.1 Å². The zero-order valence-corrected chi connectivity index (χ0v) is 14.3. The average Bonchev–Trinajstić information content (AvgIpc) is 2.52. The lowest BCUT2D eigenvalue weighted by Gasteiger charge is -2.25. The maximum Gasteiger partial charge on any atom is 0.333 e. The first-order valence-corrected chi connectivity index (χ1v) is 7.85.